The van der Waals surface area contributed by atoms with E-state index < -0.39 is 0 Å². The highest BCUT2D eigenvalue weighted by Gasteiger charge is 2.38. The first-order valence-electron chi connectivity index (χ1n) is 6.60. The number of hydrogen-bond donors (Lipinski definition) is 1. The normalized spacial score (nSPS) is 19.8. The van der Waals surface area contributed by atoms with Crippen LogP contribution < -0.4 is 15.0 Å². The van der Waals surface area contributed by atoms with Crippen LogP contribution in [-0.2, 0) is 11.2 Å². The van der Waals surface area contributed by atoms with Crippen molar-refractivity contribution in [3.05, 3.63) is 40.1 Å². The number of benzene rings is 1. The van der Waals surface area contributed by atoms with E-state index in [4.69, 9.17) is 4.74 Å². The third kappa shape index (κ3) is 1.56. The molecule has 2 aromatic rings. The summed E-state index contributed by atoms with van der Waals surface area (Å²) in [4.78, 5) is 16.0. The number of carbonyl (C=O) groups is 1. The summed E-state index contributed by atoms with van der Waals surface area (Å²) in [7, 11) is 1.63. The number of amides is 1. The number of fused-ring (bicyclic) bond motifs is 5. The highest BCUT2D eigenvalue weighted by Crippen LogP contribution is 2.44. The fourth-order valence-electron chi connectivity index (χ4n) is 3.05. The van der Waals surface area contributed by atoms with Crippen molar-refractivity contribution in [3.8, 4) is 5.75 Å². The Bertz CT molecular complexity index is 695. The van der Waals surface area contributed by atoms with Crippen LogP contribution in [0.5, 0.6) is 5.75 Å². The van der Waals surface area contributed by atoms with Crippen molar-refractivity contribution in [2.24, 2.45) is 0 Å². The molecule has 0 radical (unpaired) electrons. The molecule has 0 fully saturated rings. The predicted octanol–water partition coefficient (Wildman–Crippen LogP) is 2.81. The molecule has 1 atom stereocenters. The van der Waals surface area contributed by atoms with Crippen molar-refractivity contribution >= 4 is 28.6 Å². The highest BCUT2D eigenvalue weighted by atomic mass is 32.1. The zero-order valence-corrected chi connectivity index (χ0v) is 11.9. The van der Waals surface area contributed by atoms with Crippen molar-refractivity contribution in [2.45, 2.75) is 12.5 Å². The van der Waals surface area contributed by atoms with Crippen molar-refractivity contribution in [2.75, 3.05) is 23.9 Å². The van der Waals surface area contributed by atoms with E-state index in [9.17, 15) is 4.79 Å². The molecule has 1 aromatic heterocycles. The van der Waals surface area contributed by atoms with Crippen LogP contribution in [-0.4, -0.2) is 19.6 Å². The maximum Gasteiger partial charge on any atom is 0.251 e. The maximum absolute atomic E-state index is 12.5. The van der Waals surface area contributed by atoms with Gasteiger partial charge in [-0.1, -0.05) is 0 Å². The number of nitrogens with one attached hydrogen (secondary N) is 1. The lowest BCUT2D eigenvalue weighted by molar-refractivity contribution is -0.117. The van der Waals surface area contributed by atoms with Crippen molar-refractivity contribution in [1.29, 1.82) is 0 Å². The van der Waals surface area contributed by atoms with Crippen molar-refractivity contribution in [3.63, 3.8) is 0 Å². The first-order valence-corrected chi connectivity index (χ1v) is 7.47. The summed E-state index contributed by atoms with van der Waals surface area (Å²) in [5, 5.41) is 5.08. The van der Waals surface area contributed by atoms with E-state index in [0.29, 0.717) is 0 Å². The topological polar surface area (TPSA) is 41.6 Å². The molecule has 0 saturated carbocycles. The second-order valence-corrected chi connectivity index (χ2v) is 6.02. The second-order valence-electron chi connectivity index (χ2n) is 5.02. The number of nitrogens with zero attached hydrogens (tertiary/aromatic N) is 1. The Morgan fingerprint density at radius 3 is 3.15 bits per heavy atom. The SMILES string of the molecule is COc1ccc2c(c1)NC(=O)C1c3ccsc3CCN21. The van der Waals surface area contributed by atoms with Gasteiger partial charge in [-0.05, 0) is 35.6 Å². The third-order valence-electron chi connectivity index (χ3n) is 3.99. The van der Waals surface area contributed by atoms with Gasteiger partial charge in [0.1, 0.15) is 11.8 Å². The monoisotopic (exact) mass is 286 g/mol. The van der Waals surface area contributed by atoms with Crippen LogP contribution >= 0.6 is 11.3 Å². The zero-order valence-electron chi connectivity index (χ0n) is 11.1. The van der Waals surface area contributed by atoms with E-state index in [2.05, 4.69) is 21.7 Å². The summed E-state index contributed by atoms with van der Waals surface area (Å²) >= 11 is 1.74. The van der Waals surface area contributed by atoms with Gasteiger partial charge in [-0.2, -0.15) is 0 Å². The number of thiophene rings is 1. The van der Waals surface area contributed by atoms with Crippen molar-refractivity contribution in [1.82, 2.24) is 0 Å². The molecule has 2 aliphatic heterocycles. The molecule has 1 amide bonds. The van der Waals surface area contributed by atoms with E-state index in [-0.39, 0.29) is 11.9 Å². The average Bonchev–Trinajstić information content (AvgIpc) is 2.94. The minimum atomic E-state index is -0.189. The molecule has 3 heterocycles. The maximum atomic E-state index is 12.5. The molecule has 102 valence electrons. The first-order chi connectivity index (χ1) is 9.78. The molecule has 4 rings (SSSR count). The molecular weight excluding hydrogens is 272 g/mol. The summed E-state index contributed by atoms with van der Waals surface area (Å²) in [5.74, 6) is 0.806. The smallest absolute Gasteiger partial charge is 0.251 e. The fourth-order valence-corrected chi connectivity index (χ4v) is 3.96. The van der Waals surface area contributed by atoms with Gasteiger partial charge < -0.3 is 15.0 Å². The van der Waals surface area contributed by atoms with Gasteiger partial charge in [-0.25, -0.2) is 0 Å². The van der Waals surface area contributed by atoms with Crippen LogP contribution in [0.3, 0.4) is 0 Å². The number of carbonyl (C=O) groups excluding carboxylic acids is 1. The Morgan fingerprint density at radius 1 is 1.40 bits per heavy atom. The van der Waals surface area contributed by atoms with E-state index in [1.54, 1.807) is 18.4 Å². The second kappa shape index (κ2) is 4.24. The van der Waals surface area contributed by atoms with Crippen LogP contribution in [0.25, 0.3) is 0 Å². The summed E-state index contributed by atoms with van der Waals surface area (Å²) in [6.07, 6.45) is 1.00. The lowest BCUT2D eigenvalue weighted by atomic mass is 9.95. The minimum Gasteiger partial charge on any atom is -0.497 e. The van der Waals surface area contributed by atoms with E-state index in [1.165, 1.54) is 4.88 Å². The molecule has 0 spiro atoms. The lowest BCUT2D eigenvalue weighted by Gasteiger charge is -2.41. The number of ether oxygens (including phenoxy) is 1. The molecule has 5 heteroatoms. The van der Waals surface area contributed by atoms with Gasteiger partial charge in [0.05, 0.1) is 18.5 Å². The van der Waals surface area contributed by atoms with E-state index in [1.807, 2.05) is 18.2 Å². The Balaban J connectivity index is 1.84. The zero-order chi connectivity index (χ0) is 13.7. The fraction of sp³-hybridized carbons (Fsp3) is 0.267. The molecule has 0 aliphatic carbocycles. The Morgan fingerprint density at radius 2 is 2.30 bits per heavy atom. The van der Waals surface area contributed by atoms with Crippen LogP contribution in [0.2, 0.25) is 0 Å². The number of anilines is 2. The number of methoxy groups -OCH3 is 1. The van der Waals surface area contributed by atoms with Gasteiger partial charge in [-0.15, -0.1) is 11.3 Å². The van der Waals surface area contributed by atoms with Crippen LogP contribution in [0.15, 0.2) is 29.6 Å². The average molecular weight is 286 g/mol. The van der Waals surface area contributed by atoms with Crippen LogP contribution in [0.1, 0.15) is 16.5 Å². The molecule has 1 aromatic carbocycles. The van der Waals surface area contributed by atoms with Gasteiger partial charge in [0.15, 0.2) is 0 Å². The molecule has 0 bridgehead atoms. The molecule has 4 nitrogen and oxygen atoms in total. The summed E-state index contributed by atoms with van der Waals surface area (Å²) in [6, 6.07) is 7.73. The van der Waals surface area contributed by atoms with Gasteiger partial charge in [0.25, 0.3) is 5.91 Å². The standard InChI is InChI=1S/C15H14N2O2S/c1-19-9-2-3-12-11(8-9)16-15(18)14-10-5-7-20-13(10)4-6-17(12)14/h2-3,5,7-8,14H,4,6H2,1H3,(H,16,18). The largest absolute Gasteiger partial charge is 0.497 e. The van der Waals surface area contributed by atoms with Gasteiger partial charge in [0.2, 0.25) is 0 Å². The first kappa shape index (κ1) is 11.8. The van der Waals surface area contributed by atoms with E-state index >= 15 is 0 Å². The summed E-state index contributed by atoms with van der Waals surface area (Å²) in [6.45, 7) is 0.880. The molecule has 2 aliphatic rings. The van der Waals surface area contributed by atoms with Crippen LogP contribution in [0.4, 0.5) is 11.4 Å². The molecule has 1 N–H and O–H groups in total. The Labute approximate surface area is 121 Å². The quantitative estimate of drug-likeness (QED) is 0.876. The van der Waals surface area contributed by atoms with Gasteiger partial charge in [-0.3, -0.25) is 4.79 Å². The van der Waals surface area contributed by atoms with Gasteiger partial charge >= 0.3 is 0 Å². The van der Waals surface area contributed by atoms with Gasteiger partial charge in [0, 0.05) is 17.5 Å². The Kier molecular flexibility index (Phi) is 2.50. The molecule has 20 heavy (non-hydrogen) atoms. The lowest BCUT2D eigenvalue weighted by Crippen LogP contribution is -2.45. The number of rotatable bonds is 1. The van der Waals surface area contributed by atoms with Crippen molar-refractivity contribution < 1.29 is 9.53 Å². The molecule has 0 saturated heterocycles. The number of hydrogen-bond acceptors (Lipinski definition) is 4. The summed E-state index contributed by atoms with van der Waals surface area (Å²) < 4.78 is 5.23. The Hall–Kier alpha value is -2.01. The van der Waals surface area contributed by atoms with Crippen LogP contribution in [0, 0.1) is 0 Å². The molecule has 1 unspecified atom stereocenters. The summed E-state index contributed by atoms with van der Waals surface area (Å²) in [5.41, 5.74) is 3.07. The predicted molar refractivity (Wildman–Crippen MR) is 79.7 cm³/mol. The van der Waals surface area contributed by atoms with E-state index in [0.717, 1.165) is 35.7 Å². The minimum absolute atomic E-state index is 0.0464. The molecular formula is C15H14N2O2S. The third-order valence-corrected chi connectivity index (χ3v) is 4.98. The highest BCUT2D eigenvalue weighted by molar-refractivity contribution is 7.10.